The van der Waals surface area contributed by atoms with Crippen molar-refractivity contribution in [1.82, 2.24) is 0 Å². The summed E-state index contributed by atoms with van der Waals surface area (Å²) in [5.41, 5.74) is 0.296. The van der Waals surface area contributed by atoms with E-state index in [-0.39, 0.29) is 5.82 Å². The molecule has 1 nitrogen and oxygen atoms in total. The average Bonchev–Trinajstić information content (AvgIpc) is 2.31. The average molecular weight is 149 g/mol. The summed E-state index contributed by atoms with van der Waals surface area (Å²) in [6.07, 6.45) is 0. The van der Waals surface area contributed by atoms with Gasteiger partial charge in [0.15, 0.2) is 11.4 Å². The lowest BCUT2D eigenvalue weighted by molar-refractivity contribution is 0.538. The van der Waals surface area contributed by atoms with Crippen molar-refractivity contribution in [3.63, 3.8) is 0 Å². The van der Waals surface area contributed by atoms with Gasteiger partial charge in [0.25, 0.3) is 0 Å². The first-order chi connectivity index (χ1) is 5.27. The molecule has 0 saturated carbocycles. The van der Waals surface area contributed by atoms with E-state index in [2.05, 4.69) is 6.07 Å². The molecule has 11 heavy (non-hydrogen) atoms. The van der Waals surface area contributed by atoms with Gasteiger partial charge in [0.05, 0.1) is 0 Å². The van der Waals surface area contributed by atoms with Gasteiger partial charge in [0.2, 0.25) is 0 Å². The molecule has 0 amide bonds. The van der Waals surface area contributed by atoms with Crippen molar-refractivity contribution in [2.24, 2.45) is 0 Å². The summed E-state index contributed by atoms with van der Waals surface area (Å²) >= 11 is 0. The summed E-state index contributed by atoms with van der Waals surface area (Å²) in [7, 11) is 0. The van der Waals surface area contributed by atoms with Crippen LogP contribution < -0.4 is 0 Å². The van der Waals surface area contributed by atoms with E-state index in [9.17, 15) is 4.39 Å². The Bertz CT molecular complexity index is 389. The van der Waals surface area contributed by atoms with Gasteiger partial charge in [0, 0.05) is 5.39 Å². The largest absolute Gasteiger partial charge is 0.458 e. The standard InChI is InChI=1S/C9H6FO/c1-6-5-7-3-2-4-8(10)9(7)11-6/h2,4-5H,1H3. The first kappa shape index (κ1) is 6.40. The van der Waals surface area contributed by atoms with E-state index in [1.54, 1.807) is 19.1 Å². The Kier molecular flexibility index (Phi) is 1.22. The molecule has 0 unspecified atom stereocenters. The molecule has 0 fully saturated rings. The third-order valence-electron chi connectivity index (χ3n) is 1.54. The van der Waals surface area contributed by atoms with Crippen LogP contribution in [0.2, 0.25) is 0 Å². The van der Waals surface area contributed by atoms with Gasteiger partial charge in [-0.1, -0.05) is 6.07 Å². The second kappa shape index (κ2) is 2.09. The molecule has 0 spiro atoms. The van der Waals surface area contributed by atoms with Gasteiger partial charge in [-0.05, 0) is 25.1 Å². The van der Waals surface area contributed by atoms with Crippen LogP contribution in [0.5, 0.6) is 0 Å². The minimum absolute atomic E-state index is 0.296. The Balaban J connectivity index is 2.90. The highest BCUT2D eigenvalue weighted by Crippen LogP contribution is 2.20. The number of aryl methyl sites for hydroxylation is 1. The molecule has 0 saturated heterocycles. The number of fused-ring (bicyclic) bond motifs is 1. The maximum Gasteiger partial charge on any atom is 0.170 e. The van der Waals surface area contributed by atoms with E-state index >= 15 is 0 Å². The Morgan fingerprint density at radius 1 is 1.55 bits per heavy atom. The molecule has 1 heterocycles. The Morgan fingerprint density at radius 2 is 2.36 bits per heavy atom. The van der Waals surface area contributed by atoms with Crippen molar-refractivity contribution < 1.29 is 8.81 Å². The summed E-state index contributed by atoms with van der Waals surface area (Å²) in [5.74, 6) is 0.383. The fourth-order valence-corrected chi connectivity index (χ4v) is 1.08. The van der Waals surface area contributed by atoms with Crippen molar-refractivity contribution in [3.8, 4) is 0 Å². The SMILES string of the molecule is Cc1cc2[c]ccc(F)c2o1. The molecular weight excluding hydrogens is 143 g/mol. The van der Waals surface area contributed by atoms with Crippen molar-refractivity contribution >= 4 is 11.0 Å². The Morgan fingerprint density at radius 3 is 3.09 bits per heavy atom. The van der Waals surface area contributed by atoms with Gasteiger partial charge < -0.3 is 4.42 Å². The molecular formula is C9H6FO. The van der Waals surface area contributed by atoms with Crippen LogP contribution in [0.1, 0.15) is 5.76 Å². The second-order valence-corrected chi connectivity index (χ2v) is 2.43. The van der Waals surface area contributed by atoms with E-state index in [0.717, 1.165) is 0 Å². The van der Waals surface area contributed by atoms with Crippen LogP contribution in [0.4, 0.5) is 4.39 Å². The zero-order valence-electron chi connectivity index (χ0n) is 6.02. The minimum Gasteiger partial charge on any atom is -0.458 e. The van der Waals surface area contributed by atoms with Crippen LogP contribution in [-0.2, 0) is 0 Å². The number of furan rings is 1. The molecule has 1 aromatic carbocycles. The number of halogens is 1. The van der Waals surface area contributed by atoms with Crippen LogP contribution in [0.15, 0.2) is 22.6 Å². The molecule has 1 aromatic heterocycles. The van der Waals surface area contributed by atoms with Gasteiger partial charge in [0.1, 0.15) is 5.76 Å². The molecule has 0 aliphatic rings. The molecule has 0 N–H and O–H groups in total. The van der Waals surface area contributed by atoms with Gasteiger partial charge >= 0.3 is 0 Å². The lowest BCUT2D eigenvalue weighted by atomic mass is 10.2. The van der Waals surface area contributed by atoms with E-state index in [4.69, 9.17) is 4.42 Å². The molecule has 0 bridgehead atoms. The predicted octanol–water partition coefficient (Wildman–Crippen LogP) is 2.68. The minimum atomic E-state index is -0.327. The molecule has 0 aliphatic carbocycles. The first-order valence-electron chi connectivity index (χ1n) is 3.34. The second-order valence-electron chi connectivity index (χ2n) is 2.43. The smallest absolute Gasteiger partial charge is 0.170 e. The predicted molar refractivity (Wildman–Crippen MR) is 39.7 cm³/mol. The van der Waals surface area contributed by atoms with Crippen LogP contribution in [0, 0.1) is 18.8 Å². The summed E-state index contributed by atoms with van der Waals surface area (Å²) in [6.45, 7) is 1.78. The molecule has 0 atom stereocenters. The van der Waals surface area contributed by atoms with Crippen molar-refractivity contribution in [3.05, 3.63) is 35.8 Å². The fourth-order valence-electron chi connectivity index (χ4n) is 1.08. The Labute approximate surface area is 63.4 Å². The molecule has 0 aliphatic heterocycles. The molecule has 55 valence electrons. The quantitative estimate of drug-likeness (QED) is 0.561. The van der Waals surface area contributed by atoms with Crippen LogP contribution in [0.25, 0.3) is 11.0 Å². The van der Waals surface area contributed by atoms with Crippen LogP contribution in [0.3, 0.4) is 0 Å². The summed E-state index contributed by atoms with van der Waals surface area (Å²) in [4.78, 5) is 0. The highest BCUT2D eigenvalue weighted by atomic mass is 19.1. The first-order valence-corrected chi connectivity index (χ1v) is 3.34. The third-order valence-corrected chi connectivity index (χ3v) is 1.54. The highest BCUT2D eigenvalue weighted by Gasteiger charge is 2.03. The zero-order chi connectivity index (χ0) is 7.84. The molecule has 2 rings (SSSR count). The van der Waals surface area contributed by atoms with E-state index in [1.807, 2.05) is 0 Å². The van der Waals surface area contributed by atoms with Crippen LogP contribution in [-0.4, -0.2) is 0 Å². The number of rotatable bonds is 0. The van der Waals surface area contributed by atoms with E-state index < -0.39 is 0 Å². The van der Waals surface area contributed by atoms with Gasteiger partial charge in [-0.2, -0.15) is 0 Å². The van der Waals surface area contributed by atoms with Gasteiger partial charge in [-0.3, -0.25) is 0 Å². The summed E-state index contributed by atoms with van der Waals surface area (Å²) in [6, 6.07) is 7.53. The lowest BCUT2D eigenvalue weighted by Crippen LogP contribution is -1.71. The number of benzene rings is 1. The van der Waals surface area contributed by atoms with Crippen molar-refractivity contribution in [2.75, 3.05) is 0 Å². The number of hydrogen-bond donors (Lipinski definition) is 0. The maximum atomic E-state index is 12.9. The maximum absolute atomic E-state index is 12.9. The summed E-state index contributed by atoms with van der Waals surface area (Å²) in [5, 5.41) is 0.697. The van der Waals surface area contributed by atoms with Gasteiger partial charge in [-0.15, -0.1) is 0 Å². The van der Waals surface area contributed by atoms with E-state index in [0.29, 0.717) is 16.7 Å². The van der Waals surface area contributed by atoms with Gasteiger partial charge in [-0.25, -0.2) is 4.39 Å². The monoisotopic (exact) mass is 149 g/mol. The Hall–Kier alpha value is -1.31. The third kappa shape index (κ3) is 0.909. The molecule has 1 radical (unpaired) electrons. The number of hydrogen-bond acceptors (Lipinski definition) is 1. The van der Waals surface area contributed by atoms with E-state index in [1.165, 1.54) is 6.07 Å². The molecule has 2 heteroatoms. The van der Waals surface area contributed by atoms with Crippen LogP contribution >= 0.6 is 0 Å². The highest BCUT2D eigenvalue weighted by molar-refractivity contribution is 5.77. The van der Waals surface area contributed by atoms with Crippen molar-refractivity contribution in [2.45, 2.75) is 6.92 Å². The molecule has 2 aromatic rings. The van der Waals surface area contributed by atoms with Crippen molar-refractivity contribution in [1.29, 1.82) is 0 Å². The lowest BCUT2D eigenvalue weighted by Gasteiger charge is -1.86. The summed E-state index contributed by atoms with van der Waals surface area (Å²) < 4.78 is 18.0. The fraction of sp³-hybridized carbons (Fsp3) is 0.111. The normalized spacial score (nSPS) is 10.7. The zero-order valence-corrected chi connectivity index (χ0v) is 6.02. The topological polar surface area (TPSA) is 13.1 Å².